The fraction of sp³-hybridized carbons (Fsp3) is 0. The Kier molecular flexibility index (Phi) is 4.89. The largest absolute Gasteiger partial charge is 0.476 e. The molecule has 26 heavy (non-hydrogen) atoms. The summed E-state index contributed by atoms with van der Waals surface area (Å²) < 4.78 is 24.5. The van der Waals surface area contributed by atoms with Gasteiger partial charge in [0, 0.05) is 10.6 Å². The number of nitrogens with zero attached hydrogens (tertiary/aromatic N) is 2. The van der Waals surface area contributed by atoms with Gasteiger partial charge < -0.3 is 5.11 Å². The van der Waals surface area contributed by atoms with E-state index in [2.05, 4.69) is 21.0 Å². The van der Waals surface area contributed by atoms with Crippen molar-refractivity contribution in [1.29, 1.82) is 0 Å². The Labute approximate surface area is 162 Å². The molecule has 0 aliphatic carbocycles. The lowest BCUT2D eigenvalue weighted by Crippen LogP contribution is -2.12. The number of carboxylic acid groups (broad SMARTS) is 1. The Morgan fingerprint density at radius 2 is 1.69 bits per heavy atom. The van der Waals surface area contributed by atoms with E-state index in [1.54, 1.807) is 24.3 Å². The minimum atomic E-state index is -3.83. The van der Waals surface area contributed by atoms with Crippen LogP contribution in [0.4, 0.5) is 0 Å². The third kappa shape index (κ3) is 3.51. The molecule has 3 aromatic rings. The van der Waals surface area contributed by atoms with Crippen molar-refractivity contribution in [2.75, 3.05) is 0 Å². The number of nitrogens with two attached hydrogens (primary N) is 1. The first-order valence-corrected chi connectivity index (χ1v) is 9.81. The zero-order chi connectivity index (χ0) is 19.1. The predicted molar refractivity (Wildman–Crippen MR) is 100 cm³/mol. The smallest absolute Gasteiger partial charge is 0.357 e. The van der Waals surface area contributed by atoms with Crippen LogP contribution in [-0.4, -0.2) is 29.3 Å². The van der Waals surface area contributed by atoms with Crippen LogP contribution in [0.2, 0.25) is 5.02 Å². The van der Waals surface area contributed by atoms with E-state index in [9.17, 15) is 18.3 Å². The number of aromatic carboxylic acids is 1. The molecule has 134 valence electrons. The average Bonchev–Trinajstić information content (AvgIpc) is 2.92. The van der Waals surface area contributed by atoms with Gasteiger partial charge in [-0.15, -0.1) is 0 Å². The molecule has 0 atom stereocenters. The molecule has 10 heteroatoms. The summed E-state index contributed by atoms with van der Waals surface area (Å²) >= 11 is 9.20. The molecule has 0 radical (unpaired) electrons. The maximum absolute atomic E-state index is 11.5. The predicted octanol–water partition coefficient (Wildman–Crippen LogP) is 3.30. The summed E-state index contributed by atoms with van der Waals surface area (Å²) in [5.74, 6) is -1.20. The maximum atomic E-state index is 11.5. The summed E-state index contributed by atoms with van der Waals surface area (Å²) in [5.41, 5.74) is 1.46. The first-order valence-electron chi connectivity index (χ1n) is 7.09. The summed E-state index contributed by atoms with van der Waals surface area (Å²) in [6.45, 7) is 0. The molecule has 0 saturated heterocycles. The molecule has 1 heterocycles. The fourth-order valence-electron chi connectivity index (χ4n) is 2.36. The second-order valence-corrected chi connectivity index (χ2v) is 8.06. The van der Waals surface area contributed by atoms with Crippen LogP contribution < -0.4 is 5.14 Å². The molecule has 0 aliphatic rings. The highest BCUT2D eigenvalue weighted by atomic mass is 79.9. The minimum absolute atomic E-state index is 0.0565. The number of carbonyl (C=O) groups is 1. The van der Waals surface area contributed by atoms with Gasteiger partial charge in [-0.25, -0.2) is 23.0 Å². The number of primary sulfonamides is 1. The molecule has 0 saturated carbocycles. The highest BCUT2D eigenvalue weighted by Crippen LogP contribution is 2.34. The van der Waals surface area contributed by atoms with E-state index in [4.69, 9.17) is 16.7 Å². The molecule has 0 fully saturated rings. The van der Waals surface area contributed by atoms with E-state index in [1.165, 1.54) is 28.9 Å². The molecule has 2 aromatic carbocycles. The van der Waals surface area contributed by atoms with Crippen LogP contribution in [0.3, 0.4) is 0 Å². The summed E-state index contributed by atoms with van der Waals surface area (Å²) in [6, 6.07) is 12.4. The maximum Gasteiger partial charge on any atom is 0.357 e. The molecule has 0 aliphatic heterocycles. The van der Waals surface area contributed by atoms with Crippen molar-refractivity contribution in [2.24, 2.45) is 5.14 Å². The minimum Gasteiger partial charge on any atom is -0.476 e. The van der Waals surface area contributed by atoms with Crippen molar-refractivity contribution in [1.82, 2.24) is 9.78 Å². The molecule has 0 bridgehead atoms. The van der Waals surface area contributed by atoms with Crippen molar-refractivity contribution >= 4 is 43.5 Å². The summed E-state index contributed by atoms with van der Waals surface area (Å²) in [6.07, 6.45) is 0. The van der Waals surface area contributed by atoms with Gasteiger partial charge in [-0.1, -0.05) is 23.7 Å². The highest BCUT2D eigenvalue weighted by molar-refractivity contribution is 9.10. The van der Waals surface area contributed by atoms with Gasteiger partial charge in [0.1, 0.15) is 0 Å². The normalized spacial score (nSPS) is 11.5. The monoisotopic (exact) mass is 455 g/mol. The van der Waals surface area contributed by atoms with Crippen molar-refractivity contribution in [2.45, 2.75) is 4.90 Å². The summed E-state index contributed by atoms with van der Waals surface area (Å²) in [5, 5.41) is 19.1. The molecule has 0 amide bonds. The van der Waals surface area contributed by atoms with Gasteiger partial charge in [-0.2, -0.15) is 5.10 Å². The molecular formula is C16H11BrClN3O4S. The Hall–Kier alpha value is -2.20. The van der Waals surface area contributed by atoms with Crippen molar-refractivity contribution in [3.05, 3.63) is 63.7 Å². The highest BCUT2D eigenvalue weighted by Gasteiger charge is 2.23. The van der Waals surface area contributed by atoms with Gasteiger partial charge in [0.05, 0.1) is 20.7 Å². The number of sulfonamides is 1. The van der Waals surface area contributed by atoms with E-state index in [-0.39, 0.29) is 10.6 Å². The fourth-order valence-corrected chi connectivity index (χ4v) is 3.64. The van der Waals surface area contributed by atoms with Crippen LogP contribution in [-0.2, 0) is 10.0 Å². The van der Waals surface area contributed by atoms with Gasteiger partial charge in [0.25, 0.3) is 0 Å². The third-order valence-electron chi connectivity index (χ3n) is 3.56. The Morgan fingerprint density at radius 1 is 1.12 bits per heavy atom. The van der Waals surface area contributed by atoms with Gasteiger partial charge in [-0.05, 0) is 52.3 Å². The second-order valence-electron chi connectivity index (χ2n) is 5.27. The number of hydrogen-bond acceptors (Lipinski definition) is 4. The van der Waals surface area contributed by atoms with E-state index < -0.39 is 16.0 Å². The van der Waals surface area contributed by atoms with Crippen LogP contribution in [0.1, 0.15) is 10.5 Å². The summed E-state index contributed by atoms with van der Waals surface area (Å²) in [7, 11) is -3.83. The van der Waals surface area contributed by atoms with E-state index in [0.717, 1.165) is 0 Å². The third-order valence-corrected chi connectivity index (χ3v) is 5.49. The number of carboxylic acids is 1. The van der Waals surface area contributed by atoms with E-state index in [0.29, 0.717) is 26.4 Å². The average molecular weight is 457 g/mol. The molecule has 3 rings (SSSR count). The van der Waals surface area contributed by atoms with Gasteiger partial charge >= 0.3 is 5.97 Å². The van der Waals surface area contributed by atoms with Crippen LogP contribution >= 0.6 is 27.5 Å². The standard InChI is InChI=1S/C16H11BrClN3O4S/c17-13-14(16(22)23)20-21(15(13)9-1-3-10(18)4-2-9)11-5-7-12(8-6-11)26(19,24)25/h1-8H,(H,22,23)(H2,19,24,25). The number of rotatable bonds is 4. The Morgan fingerprint density at radius 3 is 2.19 bits per heavy atom. The first kappa shape index (κ1) is 18.6. The Balaban J connectivity index is 2.22. The molecule has 3 N–H and O–H groups in total. The zero-order valence-electron chi connectivity index (χ0n) is 12.9. The van der Waals surface area contributed by atoms with E-state index in [1.807, 2.05) is 0 Å². The number of hydrogen-bond donors (Lipinski definition) is 2. The number of aromatic nitrogens is 2. The first-order chi connectivity index (χ1) is 12.2. The molecule has 1 aromatic heterocycles. The van der Waals surface area contributed by atoms with Crippen LogP contribution in [0.15, 0.2) is 57.9 Å². The molecule has 0 unspecified atom stereocenters. The van der Waals surface area contributed by atoms with Gasteiger partial charge in [-0.3, -0.25) is 0 Å². The summed E-state index contributed by atoms with van der Waals surface area (Å²) in [4.78, 5) is 11.4. The van der Waals surface area contributed by atoms with Crippen molar-refractivity contribution in [3.63, 3.8) is 0 Å². The molecule has 0 spiro atoms. The van der Waals surface area contributed by atoms with Crippen molar-refractivity contribution < 1.29 is 18.3 Å². The Bertz CT molecular complexity index is 1090. The topological polar surface area (TPSA) is 115 Å². The molecular weight excluding hydrogens is 446 g/mol. The number of benzene rings is 2. The zero-order valence-corrected chi connectivity index (χ0v) is 16.1. The number of halogens is 2. The van der Waals surface area contributed by atoms with Crippen LogP contribution in [0.5, 0.6) is 0 Å². The lowest BCUT2D eigenvalue weighted by molar-refractivity contribution is 0.0689. The van der Waals surface area contributed by atoms with Crippen LogP contribution in [0, 0.1) is 0 Å². The van der Waals surface area contributed by atoms with Crippen molar-refractivity contribution in [3.8, 4) is 16.9 Å². The SMILES string of the molecule is NS(=O)(=O)c1ccc(-n2nc(C(=O)O)c(Br)c2-c2ccc(Cl)cc2)cc1. The van der Waals surface area contributed by atoms with Crippen LogP contribution in [0.25, 0.3) is 16.9 Å². The molecule has 7 nitrogen and oxygen atoms in total. The van der Waals surface area contributed by atoms with Gasteiger partial charge in [0.15, 0.2) is 5.69 Å². The second kappa shape index (κ2) is 6.84. The lowest BCUT2D eigenvalue weighted by atomic mass is 10.1. The quantitative estimate of drug-likeness (QED) is 0.625. The van der Waals surface area contributed by atoms with Gasteiger partial charge in [0.2, 0.25) is 10.0 Å². The lowest BCUT2D eigenvalue weighted by Gasteiger charge is -2.09. The van der Waals surface area contributed by atoms with E-state index >= 15 is 0 Å².